The average molecular weight is 262 g/mol. The molecular formula is C11H8BrN3. The highest BCUT2D eigenvalue weighted by molar-refractivity contribution is 9.09. The number of para-hydroxylation sites is 2. The number of fused-ring (bicyclic) bond motifs is 1. The zero-order chi connectivity index (χ0) is 10.7. The summed E-state index contributed by atoms with van der Waals surface area (Å²) in [5.74, 6) is -0.234. The van der Waals surface area contributed by atoms with Gasteiger partial charge >= 0.3 is 0 Å². The van der Waals surface area contributed by atoms with E-state index in [0.717, 1.165) is 11.0 Å². The standard InChI is InChI=1S/C11H8BrN3/c12-5-8(6-13)11-7-14-9-3-1-2-4-10(9)15-11/h1-4,7-8H,5H2. The molecule has 0 fully saturated rings. The van der Waals surface area contributed by atoms with Crippen molar-refractivity contribution in [2.75, 3.05) is 5.33 Å². The molecule has 15 heavy (non-hydrogen) atoms. The molecule has 1 aromatic heterocycles. The number of benzene rings is 1. The summed E-state index contributed by atoms with van der Waals surface area (Å²) < 4.78 is 0. The summed E-state index contributed by atoms with van der Waals surface area (Å²) in [7, 11) is 0. The lowest BCUT2D eigenvalue weighted by molar-refractivity contribution is 0.936. The van der Waals surface area contributed by atoms with Crippen LogP contribution in [0.1, 0.15) is 11.6 Å². The lowest BCUT2D eigenvalue weighted by atomic mass is 10.1. The molecule has 1 unspecified atom stereocenters. The van der Waals surface area contributed by atoms with E-state index in [1.165, 1.54) is 0 Å². The van der Waals surface area contributed by atoms with Crippen LogP contribution in [0.4, 0.5) is 0 Å². The zero-order valence-corrected chi connectivity index (χ0v) is 9.48. The van der Waals surface area contributed by atoms with E-state index in [1.807, 2.05) is 24.3 Å². The van der Waals surface area contributed by atoms with Crippen molar-refractivity contribution in [1.82, 2.24) is 9.97 Å². The van der Waals surface area contributed by atoms with Crippen molar-refractivity contribution in [2.24, 2.45) is 0 Å². The maximum absolute atomic E-state index is 8.90. The van der Waals surface area contributed by atoms with Crippen LogP contribution in [0.15, 0.2) is 30.5 Å². The van der Waals surface area contributed by atoms with Gasteiger partial charge in [-0.2, -0.15) is 5.26 Å². The molecule has 3 nitrogen and oxygen atoms in total. The first kappa shape index (κ1) is 10.1. The number of hydrogen-bond acceptors (Lipinski definition) is 3. The molecule has 0 aliphatic rings. The molecule has 4 heteroatoms. The Kier molecular flexibility index (Phi) is 2.93. The molecule has 2 rings (SSSR count). The third-order valence-electron chi connectivity index (χ3n) is 2.13. The lowest BCUT2D eigenvalue weighted by Gasteiger charge is -2.04. The normalized spacial score (nSPS) is 12.3. The number of hydrogen-bond donors (Lipinski definition) is 0. The van der Waals surface area contributed by atoms with Gasteiger partial charge in [0.15, 0.2) is 0 Å². The van der Waals surface area contributed by atoms with E-state index in [4.69, 9.17) is 5.26 Å². The van der Waals surface area contributed by atoms with Crippen molar-refractivity contribution in [3.8, 4) is 6.07 Å². The number of halogens is 1. The van der Waals surface area contributed by atoms with Crippen molar-refractivity contribution in [1.29, 1.82) is 5.26 Å². The van der Waals surface area contributed by atoms with Crippen LogP contribution in [0.25, 0.3) is 11.0 Å². The van der Waals surface area contributed by atoms with Gasteiger partial charge in [-0.15, -0.1) is 0 Å². The molecule has 2 aromatic rings. The van der Waals surface area contributed by atoms with Crippen LogP contribution < -0.4 is 0 Å². The average Bonchev–Trinajstić information content (AvgIpc) is 2.30. The van der Waals surface area contributed by atoms with Crippen LogP contribution in [0.2, 0.25) is 0 Å². The summed E-state index contributed by atoms with van der Waals surface area (Å²) in [6, 6.07) is 9.82. The van der Waals surface area contributed by atoms with Gasteiger partial charge in [-0.3, -0.25) is 4.98 Å². The number of nitriles is 1. The Morgan fingerprint density at radius 2 is 2.07 bits per heavy atom. The van der Waals surface area contributed by atoms with E-state index in [0.29, 0.717) is 11.0 Å². The smallest absolute Gasteiger partial charge is 0.0996 e. The van der Waals surface area contributed by atoms with Gasteiger partial charge in [-0.1, -0.05) is 28.1 Å². The molecule has 0 spiro atoms. The quantitative estimate of drug-likeness (QED) is 0.781. The molecule has 1 heterocycles. The fourth-order valence-corrected chi connectivity index (χ4v) is 1.80. The fourth-order valence-electron chi connectivity index (χ4n) is 1.32. The summed E-state index contributed by atoms with van der Waals surface area (Å²) in [5, 5.41) is 9.48. The number of aromatic nitrogens is 2. The SMILES string of the molecule is N#CC(CBr)c1cnc2ccccc2n1. The monoisotopic (exact) mass is 261 g/mol. The Balaban J connectivity index is 2.52. The van der Waals surface area contributed by atoms with Gasteiger partial charge < -0.3 is 0 Å². The van der Waals surface area contributed by atoms with Gasteiger partial charge in [0.2, 0.25) is 0 Å². The van der Waals surface area contributed by atoms with E-state index >= 15 is 0 Å². The minimum atomic E-state index is -0.234. The number of alkyl halides is 1. The minimum absolute atomic E-state index is 0.234. The second-order valence-electron chi connectivity index (χ2n) is 3.12. The van der Waals surface area contributed by atoms with Crippen molar-refractivity contribution in [2.45, 2.75) is 5.92 Å². The van der Waals surface area contributed by atoms with Crippen LogP contribution >= 0.6 is 15.9 Å². The summed E-state index contributed by atoms with van der Waals surface area (Å²) in [5.41, 5.74) is 2.40. The molecule has 0 amide bonds. The summed E-state index contributed by atoms with van der Waals surface area (Å²) in [6.07, 6.45) is 1.66. The molecule has 1 atom stereocenters. The lowest BCUT2D eigenvalue weighted by Crippen LogP contribution is -2.01. The van der Waals surface area contributed by atoms with Crippen LogP contribution in [-0.4, -0.2) is 15.3 Å². The number of rotatable bonds is 2. The first-order valence-electron chi connectivity index (χ1n) is 4.52. The van der Waals surface area contributed by atoms with Crippen molar-refractivity contribution < 1.29 is 0 Å². The zero-order valence-electron chi connectivity index (χ0n) is 7.89. The molecule has 0 aliphatic carbocycles. The third kappa shape index (κ3) is 1.97. The van der Waals surface area contributed by atoms with Gasteiger partial charge in [-0.05, 0) is 12.1 Å². The van der Waals surface area contributed by atoms with Crippen LogP contribution in [0.3, 0.4) is 0 Å². The molecule has 0 N–H and O–H groups in total. The predicted molar refractivity (Wildman–Crippen MR) is 61.7 cm³/mol. The van der Waals surface area contributed by atoms with Gasteiger partial charge in [0.05, 0.1) is 34.9 Å². The number of nitrogens with zero attached hydrogens (tertiary/aromatic N) is 3. The highest BCUT2D eigenvalue weighted by Gasteiger charge is 2.11. The van der Waals surface area contributed by atoms with E-state index in [9.17, 15) is 0 Å². The Morgan fingerprint density at radius 1 is 1.33 bits per heavy atom. The van der Waals surface area contributed by atoms with E-state index in [1.54, 1.807) is 6.20 Å². The van der Waals surface area contributed by atoms with Gasteiger partial charge in [0, 0.05) is 5.33 Å². The van der Waals surface area contributed by atoms with E-state index in [-0.39, 0.29) is 5.92 Å². The maximum atomic E-state index is 8.90. The predicted octanol–water partition coefficient (Wildman–Crippen LogP) is 2.63. The van der Waals surface area contributed by atoms with Gasteiger partial charge in [0.25, 0.3) is 0 Å². The topological polar surface area (TPSA) is 49.6 Å². The summed E-state index contributed by atoms with van der Waals surface area (Å²) >= 11 is 3.29. The molecule has 0 saturated carbocycles. The maximum Gasteiger partial charge on any atom is 0.0996 e. The molecule has 74 valence electrons. The Labute approximate surface area is 95.9 Å². The van der Waals surface area contributed by atoms with Crippen molar-refractivity contribution in [3.05, 3.63) is 36.2 Å². The minimum Gasteiger partial charge on any atom is -0.253 e. The fraction of sp³-hybridized carbons (Fsp3) is 0.182. The van der Waals surface area contributed by atoms with Gasteiger partial charge in [0.1, 0.15) is 0 Å². The first-order chi connectivity index (χ1) is 7.35. The van der Waals surface area contributed by atoms with Crippen LogP contribution in [-0.2, 0) is 0 Å². The largest absolute Gasteiger partial charge is 0.253 e. The van der Waals surface area contributed by atoms with Crippen LogP contribution in [0.5, 0.6) is 0 Å². The van der Waals surface area contributed by atoms with E-state index in [2.05, 4.69) is 32.0 Å². The molecular weight excluding hydrogens is 254 g/mol. The molecule has 1 aromatic carbocycles. The van der Waals surface area contributed by atoms with E-state index < -0.39 is 0 Å². The highest BCUT2D eigenvalue weighted by Crippen LogP contribution is 2.17. The Bertz CT molecular complexity index is 518. The van der Waals surface area contributed by atoms with Crippen molar-refractivity contribution in [3.63, 3.8) is 0 Å². The molecule has 0 aliphatic heterocycles. The van der Waals surface area contributed by atoms with Crippen LogP contribution in [0, 0.1) is 11.3 Å². The Hall–Kier alpha value is -1.47. The Morgan fingerprint density at radius 3 is 2.73 bits per heavy atom. The van der Waals surface area contributed by atoms with Gasteiger partial charge in [-0.25, -0.2) is 4.98 Å². The highest BCUT2D eigenvalue weighted by atomic mass is 79.9. The molecule has 0 saturated heterocycles. The molecule has 0 bridgehead atoms. The molecule has 0 radical (unpaired) electrons. The second-order valence-corrected chi connectivity index (χ2v) is 3.77. The third-order valence-corrected chi connectivity index (χ3v) is 2.78. The summed E-state index contributed by atoms with van der Waals surface area (Å²) in [4.78, 5) is 8.67. The first-order valence-corrected chi connectivity index (χ1v) is 5.64. The van der Waals surface area contributed by atoms with Crippen molar-refractivity contribution >= 4 is 27.0 Å². The summed E-state index contributed by atoms with van der Waals surface area (Å²) in [6.45, 7) is 0. The second kappa shape index (κ2) is 4.37.